The molecule has 0 aliphatic rings. The van der Waals surface area contributed by atoms with E-state index in [2.05, 4.69) is 5.32 Å². The van der Waals surface area contributed by atoms with Crippen molar-refractivity contribution in [2.45, 2.75) is 6.42 Å². The first-order chi connectivity index (χ1) is 11.3. The minimum Gasteiger partial charge on any atom is -0.469 e. The number of benzene rings is 2. The zero-order chi connectivity index (χ0) is 15.6. The Kier molecular flexibility index (Phi) is 3.35. The summed E-state index contributed by atoms with van der Waals surface area (Å²) in [4.78, 5) is 12.5. The van der Waals surface area contributed by atoms with E-state index in [1.807, 2.05) is 48.5 Å². The zero-order valence-electron chi connectivity index (χ0n) is 12.4. The molecule has 23 heavy (non-hydrogen) atoms. The van der Waals surface area contributed by atoms with E-state index in [1.165, 1.54) is 0 Å². The number of hydrogen-bond donors (Lipinski definition) is 1. The highest BCUT2D eigenvalue weighted by Gasteiger charge is 2.15. The fourth-order valence-corrected chi connectivity index (χ4v) is 2.78. The number of nitrogens with one attached hydrogen (secondary N) is 1. The highest BCUT2D eigenvalue weighted by Crippen LogP contribution is 2.30. The van der Waals surface area contributed by atoms with Crippen LogP contribution in [-0.2, 0) is 6.42 Å². The van der Waals surface area contributed by atoms with E-state index in [4.69, 9.17) is 8.83 Å². The molecular formula is C19H15NO3. The molecule has 0 spiro atoms. The van der Waals surface area contributed by atoms with Crippen LogP contribution in [0.4, 0.5) is 0 Å². The highest BCUT2D eigenvalue weighted by atomic mass is 16.3. The summed E-state index contributed by atoms with van der Waals surface area (Å²) in [6, 6.07) is 17.2. The van der Waals surface area contributed by atoms with E-state index in [9.17, 15) is 4.79 Å². The average molecular weight is 305 g/mol. The molecule has 2 aromatic carbocycles. The van der Waals surface area contributed by atoms with E-state index >= 15 is 0 Å². The summed E-state index contributed by atoms with van der Waals surface area (Å²) in [5, 5.41) is 4.89. The standard InChI is InChI=1S/C19H15NO3/c21-19(20-11-10-13-5-4-12-22-13)16-8-3-7-15-14-6-1-2-9-17(14)23-18(15)16/h1-9,12H,10-11H2,(H,20,21). The summed E-state index contributed by atoms with van der Waals surface area (Å²) in [5.41, 5.74) is 1.97. The Balaban J connectivity index is 1.61. The first-order valence-corrected chi connectivity index (χ1v) is 7.54. The minimum atomic E-state index is -0.138. The molecule has 2 heterocycles. The molecular weight excluding hydrogens is 290 g/mol. The van der Waals surface area contributed by atoms with Gasteiger partial charge in [-0.1, -0.05) is 30.3 Å². The number of furan rings is 2. The third kappa shape index (κ3) is 2.48. The lowest BCUT2D eigenvalue weighted by atomic mass is 10.1. The van der Waals surface area contributed by atoms with Crippen LogP contribution in [0.5, 0.6) is 0 Å². The van der Waals surface area contributed by atoms with E-state index in [1.54, 1.807) is 12.3 Å². The van der Waals surface area contributed by atoms with Gasteiger partial charge in [-0.2, -0.15) is 0 Å². The minimum absolute atomic E-state index is 0.138. The molecule has 0 radical (unpaired) electrons. The highest BCUT2D eigenvalue weighted by molar-refractivity contribution is 6.13. The lowest BCUT2D eigenvalue weighted by Crippen LogP contribution is -2.25. The number of hydrogen-bond acceptors (Lipinski definition) is 3. The van der Waals surface area contributed by atoms with Crippen LogP contribution in [0.3, 0.4) is 0 Å². The quantitative estimate of drug-likeness (QED) is 0.616. The summed E-state index contributed by atoms with van der Waals surface area (Å²) in [6.45, 7) is 0.517. The van der Waals surface area contributed by atoms with Crippen molar-refractivity contribution in [3.05, 3.63) is 72.2 Å². The van der Waals surface area contributed by atoms with Crippen LogP contribution in [-0.4, -0.2) is 12.5 Å². The van der Waals surface area contributed by atoms with Crippen molar-refractivity contribution in [2.24, 2.45) is 0 Å². The Labute approximate surface area is 132 Å². The van der Waals surface area contributed by atoms with Crippen molar-refractivity contribution < 1.29 is 13.6 Å². The third-order valence-electron chi connectivity index (χ3n) is 3.89. The lowest BCUT2D eigenvalue weighted by molar-refractivity contribution is 0.0954. The lowest BCUT2D eigenvalue weighted by Gasteiger charge is -2.04. The van der Waals surface area contributed by atoms with Crippen LogP contribution in [0.1, 0.15) is 16.1 Å². The predicted molar refractivity (Wildman–Crippen MR) is 88.5 cm³/mol. The van der Waals surface area contributed by atoms with Crippen LogP contribution in [0.2, 0.25) is 0 Å². The summed E-state index contributed by atoms with van der Waals surface area (Å²) in [5.74, 6) is 0.716. The van der Waals surface area contributed by atoms with Gasteiger partial charge >= 0.3 is 0 Å². The molecule has 1 amide bonds. The molecule has 0 saturated carbocycles. The third-order valence-corrected chi connectivity index (χ3v) is 3.89. The first-order valence-electron chi connectivity index (χ1n) is 7.54. The normalized spacial score (nSPS) is 11.1. The number of rotatable bonds is 4. The van der Waals surface area contributed by atoms with E-state index in [0.717, 1.165) is 22.1 Å². The van der Waals surface area contributed by atoms with E-state index < -0.39 is 0 Å². The predicted octanol–water partition coefficient (Wildman–Crippen LogP) is 4.15. The SMILES string of the molecule is O=C(NCCc1ccco1)c1cccc2c1oc1ccccc12. The van der Waals surface area contributed by atoms with Crippen LogP contribution < -0.4 is 5.32 Å². The van der Waals surface area contributed by atoms with Gasteiger partial charge in [0.1, 0.15) is 16.9 Å². The molecule has 2 aromatic heterocycles. The molecule has 4 nitrogen and oxygen atoms in total. The van der Waals surface area contributed by atoms with Crippen molar-refractivity contribution in [2.75, 3.05) is 6.54 Å². The van der Waals surface area contributed by atoms with Gasteiger partial charge in [0, 0.05) is 23.7 Å². The average Bonchev–Trinajstić information content (AvgIpc) is 3.21. The van der Waals surface area contributed by atoms with Crippen LogP contribution >= 0.6 is 0 Å². The molecule has 1 N–H and O–H groups in total. The monoisotopic (exact) mass is 305 g/mol. The van der Waals surface area contributed by atoms with Gasteiger partial charge in [-0.3, -0.25) is 4.79 Å². The second-order valence-electron chi connectivity index (χ2n) is 5.37. The topological polar surface area (TPSA) is 55.4 Å². The smallest absolute Gasteiger partial charge is 0.255 e. The second-order valence-corrected chi connectivity index (χ2v) is 5.37. The number of carbonyl (C=O) groups is 1. The molecule has 0 fully saturated rings. The fraction of sp³-hybridized carbons (Fsp3) is 0.105. The molecule has 0 aliphatic carbocycles. The molecule has 0 atom stereocenters. The maximum atomic E-state index is 12.5. The van der Waals surface area contributed by atoms with Crippen molar-refractivity contribution in [3.8, 4) is 0 Å². The van der Waals surface area contributed by atoms with Crippen LogP contribution in [0.15, 0.2) is 69.7 Å². The van der Waals surface area contributed by atoms with Gasteiger partial charge in [-0.25, -0.2) is 0 Å². The molecule has 4 aromatic rings. The Morgan fingerprint density at radius 1 is 0.957 bits per heavy atom. The molecule has 0 bridgehead atoms. The summed E-state index contributed by atoms with van der Waals surface area (Å²) >= 11 is 0. The zero-order valence-corrected chi connectivity index (χ0v) is 12.4. The van der Waals surface area contributed by atoms with Crippen molar-refractivity contribution >= 4 is 27.8 Å². The van der Waals surface area contributed by atoms with Gasteiger partial charge < -0.3 is 14.2 Å². The fourth-order valence-electron chi connectivity index (χ4n) is 2.78. The molecule has 114 valence electrons. The van der Waals surface area contributed by atoms with Crippen LogP contribution in [0, 0.1) is 0 Å². The number of carbonyl (C=O) groups excluding carboxylic acids is 1. The van der Waals surface area contributed by atoms with Gasteiger partial charge in [0.15, 0.2) is 0 Å². The van der Waals surface area contributed by atoms with Gasteiger partial charge in [-0.05, 0) is 24.3 Å². The van der Waals surface area contributed by atoms with Gasteiger partial charge in [0.2, 0.25) is 0 Å². The maximum absolute atomic E-state index is 12.5. The maximum Gasteiger partial charge on any atom is 0.255 e. The molecule has 0 saturated heterocycles. The first kappa shape index (κ1) is 13.6. The van der Waals surface area contributed by atoms with E-state index in [0.29, 0.717) is 24.1 Å². The summed E-state index contributed by atoms with van der Waals surface area (Å²) in [7, 11) is 0. The number of para-hydroxylation sites is 2. The van der Waals surface area contributed by atoms with Gasteiger partial charge in [-0.15, -0.1) is 0 Å². The summed E-state index contributed by atoms with van der Waals surface area (Å²) < 4.78 is 11.1. The Bertz CT molecular complexity index is 967. The largest absolute Gasteiger partial charge is 0.469 e. The summed E-state index contributed by atoms with van der Waals surface area (Å²) in [6.07, 6.45) is 2.29. The Morgan fingerprint density at radius 2 is 1.83 bits per heavy atom. The van der Waals surface area contributed by atoms with Crippen molar-refractivity contribution in [1.29, 1.82) is 0 Å². The van der Waals surface area contributed by atoms with Gasteiger partial charge in [0.25, 0.3) is 5.91 Å². The molecule has 4 rings (SSSR count). The van der Waals surface area contributed by atoms with Crippen molar-refractivity contribution in [3.63, 3.8) is 0 Å². The number of amides is 1. The molecule has 0 aliphatic heterocycles. The Hall–Kier alpha value is -3.01. The van der Waals surface area contributed by atoms with Gasteiger partial charge in [0.05, 0.1) is 11.8 Å². The number of fused-ring (bicyclic) bond motifs is 3. The molecule has 4 heteroatoms. The van der Waals surface area contributed by atoms with E-state index in [-0.39, 0.29) is 5.91 Å². The van der Waals surface area contributed by atoms with Crippen LogP contribution in [0.25, 0.3) is 21.9 Å². The Morgan fingerprint density at radius 3 is 2.70 bits per heavy atom. The molecule has 0 unspecified atom stereocenters. The second kappa shape index (κ2) is 5.65. The van der Waals surface area contributed by atoms with Crippen molar-refractivity contribution in [1.82, 2.24) is 5.32 Å².